The number of rotatable bonds is 4. The summed E-state index contributed by atoms with van der Waals surface area (Å²) in [7, 11) is 9.09. The highest BCUT2D eigenvalue weighted by Gasteiger charge is 2.68. The highest BCUT2D eigenvalue weighted by Crippen LogP contribution is 2.59. The van der Waals surface area contributed by atoms with Crippen LogP contribution in [-0.4, -0.2) is 64.2 Å². The number of likely N-dealkylation sites (N-methyl/N-ethyl adjacent to an activating group) is 1. The van der Waals surface area contributed by atoms with Crippen molar-refractivity contribution in [3.8, 4) is 11.5 Å². The second-order valence-electron chi connectivity index (χ2n) is 9.06. The summed E-state index contributed by atoms with van der Waals surface area (Å²) in [5.41, 5.74) is 1.46. The van der Waals surface area contributed by atoms with Crippen molar-refractivity contribution < 1.29 is 19.1 Å². The molecule has 1 amide bonds. The first-order valence-corrected chi connectivity index (χ1v) is 11.0. The van der Waals surface area contributed by atoms with E-state index in [1.807, 2.05) is 62.4 Å². The maximum Gasteiger partial charge on any atom is 0.229 e. The van der Waals surface area contributed by atoms with E-state index in [2.05, 4.69) is 4.90 Å². The van der Waals surface area contributed by atoms with Crippen molar-refractivity contribution in [1.82, 2.24) is 4.90 Å². The summed E-state index contributed by atoms with van der Waals surface area (Å²) in [6.07, 6.45) is 1.46. The number of likely N-dealkylation sites (tertiary alicyclic amines) is 1. The van der Waals surface area contributed by atoms with E-state index < -0.39 is 11.1 Å². The molecule has 7 heteroatoms. The van der Waals surface area contributed by atoms with Crippen LogP contribution < -0.4 is 19.3 Å². The van der Waals surface area contributed by atoms with Gasteiger partial charge in [-0.25, -0.2) is 0 Å². The van der Waals surface area contributed by atoms with Crippen LogP contribution in [0.5, 0.6) is 11.5 Å². The van der Waals surface area contributed by atoms with E-state index in [-0.39, 0.29) is 11.7 Å². The predicted octanol–water partition coefficient (Wildman–Crippen LogP) is 2.80. The molecule has 0 N–H and O–H groups in total. The molecule has 2 aromatic rings. The number of carbonyl (C=O) groups is 2. The van der Waals surface area contributed by atoms with Gasteiger partial charge in [-0.15, -0.1) is 0 Å². The van der Waals surface area contributed by atoms with Crippen molar-refractivity contribution in [2.24, 2.45) is 0 Å². The van der Waals surface area contributed by atoms with E-state index in [4.69, 9.17) is 9.47 Å². The van der Waals surface area contributed by atoms with Crippen LogP contribution in [0.15, 0.2) is 36.4 Å². The lowest BCUT2D eigenvalue weighted by Crippen LogP contribution is -2.73. The Morgan fingerprint density at radius 3 is 2.34 bits per heavy atom. The first-order chi connectivity index (χ1) is 15.3. The molecule has 1 spiro atoms. The van der Waals surface area contributed by atoms with E-state index in [1.165, 1.54) is 0 Å². The van der Waals surface area contributed by atoms with Gasteiger partial charge in [0.25, 0.3) is 0 Å². The molecule has 32 heavy (non-hydrogen) atoms. The monoisotopic (exact) mass is 435 g/mol. The van der Waals surface area contributed by atoms with Crippen LogP contribution in [-0.2, 0) is 15.0 Å². The Morgan fingerprint density at radius 2 is 1.66 bits per heavy atom. The summed E-state index contributed by atoms with van der Waals surface area (Å²) in [4.78, 5) is 33.4. The number of benzene rings is 2. The van der Waals surface area contributed by atoms with Crippen LogP contribution in [0.2, 0.25) is 0 Å². The number of hydrogen-bond donors (Lipinski definition) is 0. The third kappa shape index (κ3) is 2.29. The Balaban J connectivity index is 1.87. The number of methoxy groups -OCH3 is 2. The fourth-order valence-corrected chi connectivity index (χ4v) is 6.10. The molecule has 0 radical (unpaired) electrons. The van der Waals surface area contributed by atoms with Gasteiger partial charge < -0.3 is 14.4 Å². The number of Topliss-reactive ketones (excluding diaryl/α,β-unsaturated/α-hetero) is 1. The van der Waals surface area contributed by atoms with Gasteiger partial charge >= 0.3 is 0 Å². The van der Waals surface area contributed by atoms with Gasteiger partial charge in [0.1, 0.15) is 0 Å². The minimum absolute atomic E-state index is 0.000603. The molecule has 7 nitrogen and oxygen atoms in total. The van der Waals surface area contributed by atoms with Gasteiger partial charge in [0.15, 0.2) is 22.9 Å². The second kappa shape index (κ2) is 6.97. The summed E-state index contributed by atoms with van der Waals surface area (Å²) < 4.78 is 11.7. The van der Waals surface area contributed by atoms with E-state index in [0.29, 0.717) is 37.3 Å². The molecule has 0 saturated carbocycles. The molecule has 2 bridgehead atoms. The third-order valence-corrected chi connectivity index (χ3v) is 7.56. The molecule has 0 aromatic heterocycles. The standard InChI is InChI=1S/C25H29N3O4/c1-26(2)19-11-10-17(21(31-4)22(19)32-5)24-14-15-27(3)25(23(24)30)13-12-20(29)28(25)18-9-7-6-8-16(18)24/h6-11H,12-15H2,1-5H3/t24-,25+/m1/s1. The maximum absolute atomic E-state index is 14.6. The summed E-state index contributed by atoms with van der Waals surface area (Å²) in [6, 6.07) is 11.8. The van der Waals surface area contributed by atoms with Gasteiger partial charge in [-0.05, 0) is 31.2 Å². The van der Waals surface area contributed by atoms with E-state index in [1.54, 1.807) is 19.1 Å². The smallest absolute Gasteiger partial charge is 0.229 e. The molecule has 3 aliphatic heterocycles. The lowest BCUT2D eigenvalue weighted by atomic mass is 9.60. The topological polar surface area (TPSA) is 62.3 Å². The molecule has 168 valence electrons. The van der Waals surface area contributed by atoms with Gasteiger partial charge in [-0.3, -0.25) is 19.4 Å². The largest absolute Gasteiger partial charge is 0.492 e. The Hall–Kier alpha value is -3.06. The summed E-state index contributed by atoms with van der Waals surface area (Å²) in [6.45, 7) is 0.685. The number of ether oxygens (including phenoxy) is 2. The van der Waals surface area contributed by atoms with Crippen molar-refractivity contribution in [1.29, 1.82) is 0 Å². The molecular weight excluding hydrogens is 406 g/mol. The van der Waals surface area contributed by atoms with Crippen LogP contribution in [0.4, 0.5) is 11.4 Å². The second-order valence-corrected chi connectivity index (χ2v) is 9.06. The van der Waals surface area contributed by atoms with Gasteiger partial charge in [-0.2, -0.15) is 0 Å². The number of carbonyl (C=O) groups excluding carboxylic acids is 2. The van der Waals surface area contributed by atoms with Gasteiger partial charge in [0, 0.05) is 39.0 Å². The summed E-state index contributed by atoms with van der Waals surface area (Å²) in [5.74, 6) is 1.22. The van der Waals surface area contributed by atoms with Crippen LogP contribution in [0, 0.1) is 0 Å². The van der Waals surface area contributed by atoms with Crippen molar-refractivity contribution in [2.45, 2.75) is 30.3 Å². The molecule has 3 heterocycles. The number of piperidine rings is 1. The minimum atomic E-state index is -0.970. The highest BCUT2D eigenvalue weighted by atomic mass is 16.5. The molecule has 3 aliphatic rings. The lowest BCUT2D eigenvalue weighted by molar-refractivity contribution is -0.141. The SMILES string of the molecule is COc1c(N(C)C)ccc([C@@]23CCN(C)[C@]4(CCC(=O)N4c4ccccc42)C3=O)c1OC. The number of nitrogens with zero attached hydrogens (tertiary/aromatic N) is 3. The van der Waals surface area contributed by atoms with E-state index in [9.17, 15) is 9.59 Å². The lowest BCUT2D eigenvalue weighted by Gasteiger charge is -2.58. The Bertz CT molecular complexity index is 1130. The van der Waals surface area contributed by atoms with Gasteiger partial charge in [0.05, 0.1) is 31.0 Å². The zero-order valence-electron chi connectivity index (χ0n) is 19.3. The fourth-order valence-electron chi connectivity index (χ4n) is 6.10. The number of amides is 1. The van der Waals surface area contributed by atoms with Crippen LogP contribution >= 0.6 is 0 Å². The number of hydrogen-bond acceptors (Lipinski definition) is 6. The fraction of sp³-hybridized carbons (Fsp3) is 0.440. The number of ketones is 1. The molecule has 0 aliphatic carbocycles. The number of para-hydroxylation sites is 1. The van der Waals surface area contributed by atoms with Gasteiger partial charge in [0.2, 0.25) is 5.91 Å². The predicted molar refractivity (Wildman–Crippen MR) is 123 cm³/mol. The summed E-state index contributed by atoms with van der Waals surface area (Å²) >= 11 is 0. The normalized spacial score (nSPS) is 26.6. The van der Waals surface area contributed by atoms with Crippen molar-refractivity contribution in [3.05, 3.63) is 47.5 Å². The van der Waals surface area contributed by atoms with Crippen molar-refractivity contribution in [2.75, 3.05) is 51.7 Å². The highest BCUT2D eigenvalue weighted by molar-refractivity contribution is 6.16. The third-order valence-electron chi connectivity index (χ3n) is 7.56. The van der Waals surface area contributed by atoms with Gasteiger partial charge in [-0.1, -0.05) is 24.3 Å². The van der Waals surface area contributed by atoms with Crippen molar-refractivity contribution >= 4 is 23.1 Å². The zero-order valence-corrected chi connectivity index (χ0v) is 19.3. The quantitative estimate of drug-likeness (QED) is 0.736. The molecule has 2 atom stereocenters. The first-order valence-electron chi connectivity index (χ1n) is 11.0. The number of fused-ring (bicyclic) bond motifs is 4. The molecule has 2 fully saturated rings. The summed E-state index contributed by atoms with van der Waals surface area (Å²) in [5, 5.41) is 0. The van der Waals surface area contributed by atoms with Crippen LogP contribution in [0.1, 0.15) is 30.4 Å². The molecule has 2 saturated heterocycles. The first kappa shape index (κ1) is 20.8. The van der Waals surface area contributed by atoms with E-state index >= 15 is 0 Å². The van der Waals surface area contributed by atoms with Crippen LogP contribution in [0.25, 0.3) is 0 Å². The van der Waals surface area contributed by atoms with Crippen LogP contribution in [0.3, 0.4) is 0 Å². The zero-order chi connectivity index (χ0) is 22.8. The Kier molecular flexibility index (Phi) is 4.53. The van der Waals surface area contributed by atoms with E-state index in [0.717, 1.165) is 22.5 Å². The molecule has 2 aromatic carbocycles. The molecule has 0 unspecified atom stereocenters. The number of anilines is 2. The average Bonchev–Trinajstić information content (AvgIpc) is 3.14. The Labute approximate surface area is 188 Å². The molecular formula is C25H29N3O4. The average molecular weight is 436 g/mol. The Morgan fingerprint density at radius 1 is 0.938 bits per heavy atom. The minimum Gasteiger partial charge on any atom is -0.492 e. The maximum atomic E-state index is 14.6. The molecule has 5 rings (SSSR count). The van der Waals surface area contributed by atoms with Crippen molar-refractivity contribution in [3.63, 3.8) is 0 Å².